The van der Waals surface area contributed by atoms with Crippen molar-refractivity contribution in [2.45, 2.75) is 31.7 Å². The number of ketones is 1. The fourth-order valence-corrected chi connectivity index (χ4v) is 2.64. The van der Waals surface area contributed by atoms with Crippen LogP contribution in [0.15, 0.2) is 30.3 Å². The van der Waals surface area contributed by atoms with E-state index in [1.807, 2.05) is 5.32 Å². The fraction of sp³-hybridized carbons (Fsp3) is 0.400. The molecule has 0 bridgehead atoms. The van der Waals surface area contributed by atoms with Gasteiger partial charge in [0, 0.05) is 18.4 Å². The van der Waals surface area contributed by atoms with Gasteiger partial charge >= 0.3 is 5.97 Å². The molecule has 0 radical (unpaired) electrons. The van der Waals surface area contributed by atoms with E-state index in [1.54, 1.807) is 30.3 Å². The number of amides is 1. The number of carbonyl (C=O) groups excluding carboxylic acids is 2. The van der Waals surface area contributed by atoms with Crippen molar-refractivity contribution >= 4 is 27.8 Å². The Morgan fingerprint density at radius 2 is 1.62 bits per heavy atom. The van der Waals surface area contributed by atoms with Gasteiger partial charge in [-0.15, -0.1) is 0 Å². The summed E-state index contributed by atoms with van der Waals surface area (Å²) in [5.74, 6) is -3.36. The number of hydrogen-bond acceptors (Lipinski definition) is 5. The number of carboxylic acids is 1. The molecule has 1 aromatic rings. The highest BCUT2D eigenvalue weighted by Gasteiger charge is 2.25. The molecule has 1 rings (SSSR count). The van der Waals surface area contributed by atoms with E-state index < -0.39 is 33.8 Å². The average molecular weight is 357 g/mol. The standard InChI is InChI=1S/C15H19NO7S/c17-13(11-6-2-1-3-7-11)8-4-5-9-14(18)16-12(15(19)20)10-24(21,22)23/h1-3,6-7,12H,4-5,8-10H2,(H,16,18)(H,19,20)(H,21,22,23)/t12-/m0/s1. The van der Waals surface area contributed by atoms with Crippen molar-refractivity contribution in [1.82, 2.24) is 5.32 Å². The molecule has 1 atom stereocenters. The Morgan fingerprint density at radius 1 is 1.04 bits per heavy atom. The highest BCUT2D eigenvalue weighted by Crippen LogP contribution is 2.08. The second-order valence-corrected chi connectivity index (χ2v) is 6.70. The number of rotatable bonds is 10. The second kappa shape index (κ2) is 9.14. The number of Topliss-reactive ketones (excluding diaryl/α,β-unsaturated/α-hetero) is 1. The summed E-state index contributed by atoms with van der Waals surface area (Å²) in [6.07, 6.45) is 1.00. The molecule has 0 saturated heterocycles. The first kappa shape index (κ1) is 19.8. The molecule has 3 N–H and O–H groups in total. The van der Waals surface area contributed by atoms with E-state index in [1.165, 1.54) is 0 Å². The van der Waals surface area contributed by atoms with Crippen LogP contribution in [0.3, 0.4) is 0 Å². The van der Waals surface area contributed by atoms with Gasteiger partial charge in [0.25, 0.3) is 10.1 Å². The van der Waals surface area contributed by atoms with Crippen LogP contribution in [-0.4, -0.2) is 47.5 Å². The normalized spacial score (nSPS) is 12.4. The van der Waals surface area contributed by atoms with E-state index in [-0.39, 0.29) is 18.6 Å². The first-order valence-electron chi connectivity index (χ1n) is 7.24. The van der Waals surface area contributed by atoms with E-state index in [9.17, 15) is 22.8 Å². The van der Waals surface area contributed by atoms with Gasteiger partial charge < -0.3 is 10.4 Å². The summed E-state index contributed by atoms with van der Waals surface area (Å²) >= 11 is 0. The predicted molar refractivity (Wildman–Crippen MR) is 85.2 cm³/mol. The zero-order valence-corrected chi connectivity index (χ0v) is 13.7. The Labute approximate surface area is 139 Å². The number of carbonyl (C=O) groups is 3. The monoisotopic (exact) mass is 357 g/mol. The van der Waals surface area contributed by atoms with E-state index in [0.29, 0.717) is 18.4 Å². The molecule has 8 nitrogen and oxygen atoms in total. The van der Waals surface area contributed by atoms with Gasteiger partial charge in [0.1, 0.15) is 11.8 Å². The summed E-state index contributed by atoms with van der Waals surface area (Å²) in [4.78, 5) is 34.3. The number of aliphatic carboxylic acids is 1. The van der Waals surface area contributed by atoms with Gasteiger partial charge in [-0.2, -0.15) is 8.42 Å². The third-order valence-electron chi connectivity index (χ3n) is 3.16. The summed E-state index contributed by atoms with van der Waals surface area (Å²) in [6.45, 7) is 0. The van der Waals surface area contributed by atoms with Crippen LogP contribution in [0, 0.1) is 0 Å². The van der Waals surface area contributed by atoms with Gasteiger partial charge in [-0.05, 0) is 12.8 Å². The third-order valence-corrected chi connectivity index (χ3v) is 3.92. The van der Waals surface area contributed by atoms with Crippen LogP contribution in [0.25, 0.3) is 0 Å². The molecule has 0 fully saturated rings. The van der Waals surface area contributed by atoms with Crippen LogP contribution < -0.4 is 5.32 Å². The first-order chi connectivity index (χ1) is 11.2. The summed E-state index contributed by atoms with van der Waals surface area (Å²) in [5, 5.41) is 10.9. The maximum Gasteiger partial charge on any atom is 0.327 e. The highest BCUT2D eigenvalue weighted by molar-refractivity contribution is 7.85. The number of nitrogens with one attached hydrogen (secondary N) is 1. The first-order valence-corrected chi connectivity index (χ1v) is 8.85. The summed E-state index contributed by atoms with van der Waals surface area (Å²) < 4.78 is 30.1. The Hall–Kier alpha value is -2.26. The molecule has 0 aliphatic rings. The lowest BCUT2D eigenvalue weighted by Crippen LogP contribution is -2.45. The van der Waals surface area contributed by atoms with Crippen LogP contribution in [0.5, 0.6) is 0 Å². The predicted octanol–water partition coefficient (Wildman–Crippen LogP) is 0.887. The van der Waals surface area contributed by atoms with Gasteiger partial charge in [0.2, 0.25) is 5.91 Å². The minimum atomic E-state index is -4.52. The minimum absolute atomic E-state index is 0.0443. The zero-order chi connectivity index (χ0) is 18.2. The SMILES string of the molecule is O=C(CCCCC(=O)c1ccccc1)N[C@@H](CS(=O)(=O)O)C(=O)O. The summed E-state index contributed by atoms with van der Waals surface area (Å²) in [6, 6.07) is 6.98. The van der Waals surface area contributed by atoms with Crippen LogP contribution in [0.1, 0.15) is 36.0 Å². The topological polar surface area (TPSA) is 138 Å². The van der Waals surface area contributed by atoms with E-state index >= 15 is 0 Å². The Morgan fingerprint density at radius 3 is 2.17 bits per heavy atom. The maximum atomic E-state index is 11.8. The van der Waals surface area contributed by atoms with Crippen molar-refractivity contribution in [3.8, 4) is 0 Å². The van der Waals surface area contributed by atoms with E-state index in [4.69, 9.17) is 9.66 Å². The molecule has 0 saturated carbocycles. The number of benzene rings is 1. The Kier molecular flexibility index (Phi) is 7.53. The smallest absolute Gasteiger partial charge is 0.327 e. The summed E-state index contributed by atoms with van der Waals surface area (Å²) in [5.41, 5.74) is 0.584. The van der Waals surface area contributed by atoms with Gasteiger partial charge in [0.15, 0.2) is 5.78 Å². The minimum Gasteiger partial charge on any atom is -0.480 e. The molecule has 0 aliphatic heterocycles. The third kappa shape index (κ3) is 7.84. The lowest BCUT2D eigenvalue weighted by molar-refractivity contribution is -0.141. The largest absolute Gasteiger partial charge is 0.480 e. The molecule has 0 aliphatic carbocycles. The lowest BCUT2D eigenvalue weighted by atomic mass is 10.0. The lowest BCUT2D eigenvalue weighted by Gasteiger charge is -2.12. The zero-order valence-electron chi connectivity index (χ0n) is 12.8. The maximum absolute atomic E-state index is 11.8. The van der Waals surface area contributed by atoms with Gasteiger partial charge in [-0.3, -0.25) is 14.1 Å². The van der Waals surface area contributed by atoms with Crippen LogP contribution in [-0.2, 0) is 19.7 Å². The van der Waals surface area contributed by atoms with Gasteiger partial charge in [-0.1, -0.05) is 30.3 Å². The van der Waals surface area contributed by atoms with Crippen molar-refractivity contribution in [2.75, 3.05) is 5.75 Å². The number of unbranched alkanes of at least 4 members (excludes halogenated alkanes) is 1. The molecule has 9 heteroatoms. The van der Waals surface area contributed by atoms with E-state index in [2.05, 4.69) is 0 Å². The second-order valence-electron chi connectivity index (χ2n) is 5.20. The Balaban J connectivity index is 2.35. The van der Waals surface area contributed by atoms with Crippen molar-refractivity contribution in [3.05, 3.63) is 35.9 Å². The number of hydrogen-bond donors (Lipinski definition) is 3. The van der Waals surface area contributed by atoms with Gasteiger partial charge in [-0.25, -0.2) is 4.79 Å². The average Bonchev–Trinajstić information content (AvgIpc) is 2.50. The molecular formula is C15H19NO7S. The molecule has 0 spiro atoms. The van der Waals surface area contributed by atoms with Crippen molar-refractivity contribution in [3.63, 3.8) is 0 Å². The molecule has 0 unspecified atom stereocenters. The molecule has 1 amide bonds. The highest BCUT2D eigenvalue weighted by atomic mass is 32.2. The van der Waals surface area contributed by atoms with Crippen LogP contribution in [0.4, 0.5) is 0 Å². The number of carboxylic acid groups (broad SMARTS) is 1. The van der Waals surface area contributed by atoms with Crippen molar-refractivity contribution < 1.29 is 32.5 Å². The molecular weight excluding hydrogens is 338 g/mol. The Bertz CT molecular complexity index is 685. The molecule has 1 aromatic carbocycles. The fourth-order valence-electron chi connectivity index (χ4n) is 1.99. The molecule has 24 heavy (non-hydrogen) atoms. The van der Waals surface area contributed by atoms with Crippen molar-refractivity contribution in [1.29, 1.82) is 0 Å². The summed E-state index contributed by atoms with van der Waals surface area (Å²) in [7, 11) is -4.52. The molecule has 0 aromatic heterocycles. The van der Waals surface area contributed by atoms with Crippen LogP contribution >= 0.6 is 0 Å². The van der Waals surface area contributed by atoms with Gasteiger partial charge in [0.05, 0.1) is 0 Å². The molecule has 0 heterocycles. The molecule has 132 valence electrons. The quantitative estimate of drug-likeness (QED) is 0.321. The van der Waals surface area contributed by atoms with Crippen LogP contribution in [0.2, 0.25) is 0 Å². The van der Waals surface area contributed by atoms with E-state index in [0.717, 1.165) is 0 Å². The van der Waals surface area contributed by atoms with Crippen molar-refractivity contribution in [2.24, 2.45) is 0 Å².